The van der Waals surface area contributed by atoms with Gasteiger partial charge in [-0.25, -0.2) is 9.18 Å². The van der Waals surface area contributed by atoms with Gasteiger partial charge < -0.3 is 15.3 Å². The molecule has 1 aliphatic heterocycles. The number of halogens is 2. The van der Waals surface area contributed by atoms with Crippen LogP contribution in [0.3, 0.4) is 0 Å². The van der Waals surface area contributed by atoms with Gasteiger partial charge in [-0.05, 0) is 66.8 Å². The third-order valence-corrected chi connectivity index (χ3v) is 7.18. The maximum Gasteiger partial charge on any atom is 0.335 e. The number of aromatic carboxylic acids is 1. The summed E-state index contributed by atoms with van der Waals surface area (Å²) in [5.41, 5.74) is 4.55. The number of carboxylic acid groups (broad SMARTS) is 1. The van der Waals surface area contributed by atoms with E-state index >= 15 is 0 Å². The molecule has 2 aliphatic rings. The summed E-state index contributed by atoms with van der Waals surface area (Å²) in [6.07, 6.45) is 2.14. The SMILES string of the molecule is C[C@H](NC(=O)c1cccc2c1N(Cc1ccc(Cl)c(F)c1)CC21CC1)c1ccc(C(=O)O)cc1. The summed E-state index contributed by atoms with van der Waals surface area (Å²) >= 11 is 5.85. The molecule has 1 aliphatic carbocycles. The summed E-state index contributed by atoms with van der Waals surface area (Å²) in [4.78, 5) is 26.7. The van der Waals surface area contributed by atoms with Gasteiger partial charge in [-0.15, -0.1) is 0 Å². The zero-order valence-corrected chi connectivity index (χ0v) is 19.4. The Hall–Kier alpha value is -3.38. The van der Waals surface area contributed by atoms with Gasteiger partial charge in [0.15, 0.2) is 0 Å². The molecule has 1 heterocycles. The second-order valence-corrected chi connectivity index (χ2v) is 9.62. The number of carbonyl (C=O) groups excluding carboxylic acids is 1. The lowest BCUT2D eigenvalue weighted by molar-refractivity contribution is 0.0696. The highest BCUT2D eigenvalue weighted by Gasteiger charge is 2.52. The van der Waals surface area contributed by atoms with Crippen molar-refractivity contribution in [3.63, 3.8) is 0 Å². The summed E-state index contributed by atoms with van der Waals surface area (Å²) in [6, 6.07) is 16.9. The van der Waals surface area contributed by atoms with Crippen LogP contribution in [0.2, 0.25) is 5.02 Å². The number of rotatable bonds is 6. The van der Waals surface area contributed by atoms with Crippen LogP contribution >= 0.6 is 11.6 Å². The molecule has 0 unspecified atom stereocenters. The predicted octanol–water partition coefficient (Wildman–Crippen LogP) is 5.72. The number of benzene rings is 3. The summed E-state index contributed by atoms with van der Waals surface area (Å²) in [5.74, 6) is -1.64. The number of hydrogen-bond donors (Lipinski definition) is 2. The summed E-state index contributed by atoms with van der Waals surface area (Å²) in [6.45, 7) is 3.15. The minimum atomic E-state index is -0.988. The number of nitrogens with zero attached hydrogens (tertiary/aromatic N) is 1. The van der Waals surface area contributed by atoms with E-state index in [2.05, 4.69) is 16.3 Å². The van der Waals surface area contributed by atoms with Crippen molar-refractivity contribution in [3.8, 4) is 0 Å². The minimum absolute atomic E-state index is 0.0644. The first-order valence-corrected chi connectivity index (χ1v) is 11.6. The van der Waals surface area contributed by atoms with Crippen molar-refractivity contribution in [2.75, 3.05) is 11.4 Å². The van der Waals surface area contributed by atoms with Crippen LogP contribution in [0.5, 0.6) is 0 Å². The maximum atomic E-state index is 14.0. The van der Waals surface area contributed by atoms with Gasteiger partial charge in [-0.2, -0.15) is 0 Å². The molecule has 0 saturated heterocycles. The Labute approximate surface area is 202 Å². The molecule has 0 bridgehead atoms. The van der Waals surface area contributed by atoms with Gasteiger partial charge >= 0.3 is 5.97 Å². The zero-order chi connectivity index (χ0) is 24.0. The summed E-state index contributed by atoms with van der Waals surface area (Å²) < 4.78 is 14.0. The molecule has 7 heteroatoms. The van der Waals surface area contributed by atoms with Gasteiger partial charge in [0.1, 0.15) is 5.82 Å². The monoisotopic (exact) mass is 478 g/mol. The first-order chi connectivity index (χ1) is 16.3. The molecule has 174 valence electrons. The molecule has 1 atom stereocenters. The number of fused-ring (bicyclic) bond motifs is 2. The average molecular weight is 479 g/mol. The Balaban J connectivity index is 1.42. The van der Waals surface area contributed by atoms with Crippen molar-refractivity contribution in [1.82, 2.24) is 5.32 Å². The van der Waals surface area contributed by atoms with Gasteiger partial charge in [-0.1, -0.05) is 41.9 Å². The number of anilines is 1. The standard InChI is InChI=1S/C27H24ClFN2O3/c1-16(18-6-8-19(9-7-18)26(33)34)30-25(32)20-3-2-4-21-24(20)31(15-27(21)11-12-27)14-17-5-10-22(28)23(29)13-17/h2-10,13,16H,11-12,14-15H2,1H3,(H,30,32)(H,33,34)/t16-/m0/s1. The van der Waals surface area contributed by atoms with Crippen LogP contribution in [0, 0.1) is 5.82 Å². The lowest BCUT2D eigenvalue weighted by Crippen LogP contribution is -2.29. The van der Waals surface area contributed by atoms with Crippen LogP contribution < -0.4 is 10.2 Å². The molecule has 1 spiro atoms. The third-order valence-electron chi connectivity index (χ3n) is 6.88. The molecular formula is C27H24ClFN2O3. The van der Waals surface area contributed by atoms with Crippen molar-refractivity contribution in [2.24, 2.45) is 0 Å². The highest BCUT2D eigenvalue weighted by molar-refractivity contribution is 6.30. The van der Waals surface area contributed by atoms with Crippen molar-refractivity contribution in [2.45, 2.75) is 37.8 Å². The molecule has 0 radical (unpaired) electrons. The number of para-hydroxylation sites is 1. The van der Waals surface area contributed by atoms with Gasteiger partial charge in [0.2, 0.25) is 0 Å². The first kappa shape index (κ1) is 22.4. The summed E-state index contributed by atoms with van der Waals surface area (Å²) in [7, 11) is 0. The molecule has 34 heavy (non-hydrogen) atoms. The number of carboxylic acids is 1. The van der Waals surface area contributed by atoms with Gasteiger partial charge in [0.25, 0.3) is 5.91 Å². The Kier molecular flexibility index (Phi) is 5.56. The van der Waals surface area contributed by atoms with E-state index in [1.54, 1.807) is 18.2 Å². The molecule has 3 aromatic carbocycles. The maximum absolute atomic E-state index is 14.0. The van der Waals surface area contributed by atoms with Gasteiger partial charge in [-0.3, -0.25) is 4.79 Å². The van der Waals surface area contributed by atoms with Crippen LogP contribution in [0.25, 0.3) is 0 Å². The average Bonchev–Trinajstić information content (AvgIpc) is 3.54. The topological polar surface area (TPSA) is 69.6 Å². The van der Waals surface area contributed by atoms with Crippen molar-refractivity contribution >= 4 is 29.2 Å². The van der Waals surface area contributed by atoms with E-state index < -0.39 is 11.8 Å². The Bertz CT molecular complexity index is 1290. The number of nitrogens with one attached hydrogen (secondary N) is 1. The Morgan fingerprint density at radius 3 is 2.53 bits per heavy atom. The fourth-order valence-electron chi connectivity index (χ4n) is 4.87. The molecule has 1 fully saturated rings. The predicted molar refractivity (Wildman–Crippen MR) is 129 cm³/mol. The minimum Gasteiger partial charge on any atom is -0.478 e. The van der Waals surface area contributed by atoms with E-state index in [1.165, 1.54) is 23.8 Å². The lowest BCUT2D eigenvalue weighted by Gasteiger charge is -2.23. The van der Waals surface area contributed by atoms with E-state index in [1.807, 2.05) is 25.1 Å². The zero-order valence-electron chi connectivity index (χ0n) is 18.6. The van der Waals surface area contributed by atoms with Crippen LogP contribution in [0.15, 0.2) is 60.7 Å². The van der Waals surface area contributed by atoms with Gasteiger partial charge in [0, 0.05) is 18.5 Å². The molecule has 1 saturated carbocycles. The molecule has 1 amide bonds. The second-order valence-electron chi connectivity index (χ2n) is 9.21. The van der Waals surface area contributed by atoms with Crippen LogP contribution in [0.1, 0.15) is 63.2 Å². The fourth-order valence-corrected chi connectivity index (χ4v) is 4.99. The van der Waals surface area contributed by atoms with Crippen molar-refractivity contribution in [1.29, 1.82) is 0 Å². The second kappa shape index (κ2) is 8.44. The van der Waals surface area contributed by atoms with E-state index in [-0.39, 0.29) is 28.0 Å². The molecular weight excluding hydrogens is 455 g/mol. The van der Waals surface area contributed by atoms with Crippen LogP contribution in [-0.2, 0) is 12.0 Å². The normalized spacial score (nSPS) is 16.3. The Morgan fingerprint density at radius 1 is 1.15 bits per heavy atom. The van der Waals surface area contributed by atoms with Gasteiger partial charge in [0.05, 0.1) is 27.9 Å². The fraction of sp³-hybridized carbons (Fsp3) is 0.259. The van der Waals surface area contributed by atoms with Crippen LogP contribution in [0.4, 0.5) is 10.1 Å². The Morgan fingerprint density at radius 2 is 1.88 bits per heavy atom. The molecule has 3 aromatic rings. The van der Waals surface area contributed by atoms with E-state index in [9.17, 15) is 14.0 Å². The first-order valence-electron chi connectivity index (χ1n) is 11.2. The molecule has 0 aromatic heterocycles. The van der Waals surface area contributed by atoms with Crippen molar-refractivity contribution in [3.05, 3.63) is 99.3 Å². The smallest absolute Gasteiger partial charge is 0.335 e. The molecule has 5 nitrogen and oxygen atoms in total. The number of amides is 1. The van der Waals surface area contributed by atoms with E-state index in [0.29, 0.717) is 12.1 Å². The molecule has 5 rings (SSSR count). The number of carbonyl (C=O) groups is 2. The lowest BCUT2D eigenvalue weighted by atomic mass is 9.96. The van der Waals surface area contributed by atoms with Crippen LogP contribution in [-0.4, -0.2) is 23.5 Å². The van der Waals surface area contributed by atoms with E-state index in [0.717, 1.165) is 36.2 Å². The van der Waals surface area contributed by atoms with Crippen molar-refractivity contribution < 1.29 is 19.1 Å². The highest BCUT2D eigenvalue weighted by atomic mass is 35.5. The largest absolute Gasteiger partial charge is 0.478 e. The third kappa shape index (κ3) is 4.03. The highest BCUT2D eigenvalue weighted by Crippen LogP contribution is 2.57. The van der Waals surface area contributed by atoms with E-state index in [4.69, 9.17) is 16.7 Å². The molecule has 2 N–H and O–H groups in total. The quantitative estimate of drug-likeness (QED) is 0.475. The number of hydrogen-bond acceptors (Lipinski definition) is 3. The summed E-state index contributed by atoms with van der Waals surface area (Å²) in [5, 5.41) is 12.2.